The summed E-state index contributed by atoms with van der Waals surface area (Å²) in [6, 6.07) is 0. The molecule has 3 N–H and O–H groups in total. The maximum Gasteiger partial charge on any atom is 0.472 e. The molecule has 0 fully saturated rings. The van der Waals surface area contributed by atoms with E-state index in [1.54, 1.807) is 0 Å². The monoisotopic (exact) mass is 1400 g/mol. The minimum atomic E-state index is -4.97. The largest absolute Gasteiger partial charge is 0.472 e. The minimum absolute atomic E-state index is 0.0809. The van der Waals surface area contributed by atoms with Gasteiger partial charge in [0.05, 0.1) is 26.4 Å². The van der Waals surface area contributed by atoms with Gasteiger partial charge in [0.25, 0.3) is 0 Å². The maximum absolute atomic E-state index is 13.1. The molecule has 0 aliphatic heterocycles. The molecule has 560 valence electrons. The molecule has 0 saturated carbocycles. The third kappa shape index (κ3) is 69.2. The SMILES string of the molecule is CCCCC/C=C\C/C=C\CCCCCCCC(=O)O[C@H](COC(=O)CCCCCCC/C=C\CCCCCC)COP(=O)(O)OC[C@H](O)COP(=O)(O)OC[C@@H](COC(=O)CCCCCCC/C=C\C=C/CCCCCC)OC(=O)CCCCCCCCCCCCCCC. The van der Waals surface area contributed by atoms with Crippen LogP contribution in [0, 0.1) is 0 Å². The van der Waals surface area contributed by atoms with Crippen molar-refractivity contribution in [3.63, 3.8) is 0 Å². The van der Waals surface area contributed by atoms with Crippen LogP contribution in [-0.4, -0.2) is 96.7 Å². The van der Waals surface area contributed by atoms with Crippen molar-refractivity contribution in [2.45, 2.75) is 367 Å². The van der Waals surface area contributed by atoms with Gasteiger partial charge in [-0.15, -0.1) is 0 Å². The Kier molecular flexibility index (Phi) is 67.8. The third-order valence-corrected chi connectivity index (χ3v) is 18.4. The molecule has 17 nitrogen and oxygen atoms in total. The highest BCUT2D eigenvalue weighted by Gasteiger charge is 2.30. The molecule has 0 aromatic heterocycles. The number of esters is 4. The van der Waals surface area contributed by atoms with Crippen molar-refractivity contribution in [1.29, 1.82) is 0 Å². The van der Waals surface area contributed by atoms with Crippen LogP contribution in [0.4, 0.5) is 0 Å². The van der Waals surface area contributed by atoms with Crippen molar-refractivity contribution in [2.75, 3.05) is 39.6 Å². The van der Waals surface area contributed by atoms with E-state index in [1.165, 1.54) is 122 Å². The van der Waals surface area contributed by atoms with E-state index in [4.69, 9.17) is 37.0 Å². The first-order valence-corrected chi connectivity index (χ1v) is 41.5. The number of aliphatic hydroxyl groups excluding tert-OH is 1. The molecule has 0 aliphatic rings. The second-order valence-corrected chi connectivity index (χ2v) is 28.9. The number of phosphoric ester groups is 2. The summed E-state index contributed by atoms with van der Waals surface area (Å²) in [6.45, 7) is 4.82. The van der Waals surface area contributed by atoms with Gasteiger partial charge >= 0.3 is 39.5 Å². The van der Waals surface area contributed by atoms with Crippen LogP contribution in [0.15, 0.2) is 60.8 Å². The van der Waals surface area contributed by atoms with E-state index in [0.29, 0.717) is 25.7 Å². The van der Waals surface area contributed by atoms with Gasteiger partial charge in [0.1, 0.15) is 19.3 Å². The molecule has 2 unspecified atom stereocenters. The number of unbranched alkanes of at least 4 members (excludes halogenated alkanes) is 38. The average molecular weight is 1400 g/mol. The van der Waals surface area contributed by atoms with Gasteiger partial charge in [-0.2, -0.15) is 0 Å². The maximum atomic E-state index is 13.1. The second kappa shape index (κ2) is 70.2. The average Bonchev–Trinajstić information content (AvgIpc) is 1.29. The number of aliphatic hydroxyl groups is 1. The van der Waals surface area contributed by atoms with Crippen LogP contribution in [0.2, 0.25) is 0 Å². The molecule has 0 spiro atoms. The summed E-state index contributed by atoms with van der Waals surface area (Å²) in [5.74, 6) is -2.19. The Hall–Kier alpha value is -3.24. The molecule has 0 bridgehead atoms. The summed E-state index contributed by atoms with van der Waals surface area (Å²) < 4.78 is 68.5. The fourth-order valence-corrected chi connectivity index (χ4v) is 12.1. The van der Waals surface area contributed by atoms with Gasteiger partial charge in [-0.1, -0.05) is 275 Å². The van der Waals surface area contributed by atoms with Crippen molar-refractivity contribution in [1.82, 2.24) is 0 Å². The molecule has 0 aromatic rings. The van der Waals surface area contributed by atoms with E-state index >= 15 is 0 Å². The first-order chi connectivity index (χ1) is 46.7. The number of hydrogen-bond acceptors (Lipinski definition) is 15. The summed E-state index contributed by atoms with van der Waals surface area (Å²) in [5.41, 5.74) is 0. The molecule has 0 rings (SSSR count). The predicted molar refractivity (Wildman–Crippen MR) is 390 cm³/mol. The Bertz CT molecular complexity index is 2060. The van der Waals surface area contributed by atoms with Crippen LogP contribution in [0.1, 0.15) is 349 Å². The van der Waals surface area contributed by atoms with Crippen LogP contribution in [0.25, 0.3) is 0 Å². The molecule has 19 heteroatoms. The highest BCUT2D eigenvalue weighted by Crippen LogP contribution is 2.45. The fourth-order valence-electron chi connectivity index (χ4n) is 10.5. The van der Waals surface area contributed by atoms with E-state index in [9.17, 15) is 43.2 Å². The van der Waals surface area contributed by atoms with Crippen LogP contribution >= 0.6 is 15.6 Å². The third-order valence-electron chi connectivity index (χ3n) is 16.5. The lowest BCUT2D eigenvalue weighted by Gasteiger charge is -2.21. The molecular weight excluding hydrogens is 1260 g/mol. The molecule has 0 radical (unpaired) electrons. The molecule has 5 atom stereocenters. The number of ether oxygens (including phenoxy) is 4. The van der Waals surface area contributed by atoms with Gasteiger partial charge in [0.15, 0.2) is 12.2 Å². The van der Waals surface area contributed by atoms with Gasteiger partial charge in [0, 0.05) is 25.7 Å². The number of carbonyl (C=O) groups excluding carboxylic acids is 4. The van der Waals surface area contributed by atoms with E-state index < -0.39 is 97.5 Å². The van der Waals surface area contributed by atoms with Gasteiger partial charge < -0.3 is 33.8 Å². The number of carbonyl (C=O) groups is 4. The van der Waals surface area contributed by atoms with Crippen molar-refractivity contribution in [2.24, 2.45) is 0 Å². The molecule has 96 heavy (non-hydrogen) atoms. The lowest BCUT2D eigenvalue weighted by atomic mass is 10.0. The number of rotatable bonds is 73. The predicted octanol–water partition coefficient (Wildman–Crippen LogP) is 21.9. The molecule has 0 aliphatic carbocycles. The fraction of sp³-hybridized carbons (Fsp3) is 0.818. The zero-order valence-corrected chi connectivity index (χ0v) is 62.8. The first-order valence-electron chi connectivity index (χ1n) is 38.5. The molecular formula is C77H140O17P2. The Morgan fingerprint density at radius 2 is 0.542 bits per heavy atom. The zero-order chi connectivity index (χ0) is 70.4. The summed E-state index contributed by atoms with van der Waals surface area (Å²) in [4.78, 5) is 72.8. The van der Waals surface area contributed by atoms with Crippen LogP contribution in [0.5, 0.6) is 0 Å². The molecule has 0 saturated heterocycles. The standard InChI is InChI=1S/C77H140O17P2/c1-5-9-13-17-21-25-29-33-35-39-42-46-50-54-58-62-75(80)88-68-72(93-76(81)63-59-55-51-47-43-38-32-28-24-20-16-12-8-4)69-91-95(83,84)89-65-71(78)66-90-96(85,86)92-70-73(67-87-74(79)61-57-53-49-45-41-37-31-27-23-19-15-11-7-3)94-77(82)64-60-56-52-48-44-40-36-34-30-26-22-18-14-10-6-2/h22,25-27,29,31,33-36,71-73,78H,5-21,23-24,28,30,32,37-70H2,1-4H3,(H,83,84)(H,85,86)/b26-22-,29-25-,31-27-,35-33-,36-34-/t71-,72-,73-/m1/s1. The number of phosphoric acid groups is 2. The van der Waals surface area contributed by atoms with Crippen LogP contribution in [0.3, 0.4) is 0 Å². The van der Waals surface area contributed by atoms with Crippen molar-refractivity contribution in [3.8, 4) is 0 Å². The first kappa shape index (κ1) is 92.8. The quantitative estimate of drug-likeness (QED) is 0.0128. The number of hydrogen-bond donors (Lipinski definition) is 3. The smallest absolute Gasteiger partial charge is 0.462 e. The topological polar surface area (TPSA) is 237 Å². The summed E-state index contributed by atoms with van der Waals surface area (Å²) >= 11 is 0. The van der Waals surface area contributed by atoms with Crippen LogP contribution < -0.4 is 0 Å². The Morgan fingerprint density at radius 1 is 0.302 bits per heavy atom. The van der Waals surface area contributed by atoms with Crippen molar-refractivity contribution in [3.05, 3.63) is 60.8 Å². The van der Waals surface area contributed by atoms with Gasteiger partial charge in [-0.05, 0) is 109 Å². The van der Waals surface area contributed by atoms with Gasteiger partial charge in [-0.25, -0.2) is 9.13 Å². The zero-order valence-electron chi connectivity index (χ0n) is 61.1. The highest BCUT2D eigenvalue weighted by molar-refractivity contribution is 7.47. The molecule has 0 aromatic carbocycles. The van der Waals surface area contributed by atoms with E-state index in [1.807, 2.05) is 0 Å². The summed E-state index contributed by atoms with van der Waals surface area (Å²) in [7, 11) is -9.94. The van der Waals surface area contributed by atoms with E-state index in [2.05, 4.69) is 88.5 Å². The van der Waals surface area contributed by atoms with Gasteiger partial charge in [0.2, 0.25) is 0 Å². The Balaban J connectivity index is 5.34. The second-order valence-electron chi connectivity index (χ2n) is 26.0. The van der Waals surface area contributed by atoms with Crippen molar-refractivity contribution >= 4 is 39.5 Å². The Labute approximate surface area is 584 Å². The lowest BCUT2D eigenvalue weighted by Crippen LogP contribution is -2.30. The van der Waals surface area contributed by atoms with E-state index in [0.717, 1.165) is 148 Å². The minimum Gasteiger partial charge on any atom is -0.462 e. The normalized spacial score (nSPS) is 14.3. The lowest BCUT2D eigenvalue weighted by molar-refractivity contribution is -0.161. The summed E-state index contributed by atoms with van der Waals surface area (Å²) in [6.07, 6.45) is 67.7. The Morgan fingerprint density at radius 3 is 0.875 bits per heavy atom. The van der Waals surface area contributed by atoms with Crippen LogP contribution in [-0.2, 0) is 65.4 Å². The summed E-state index contributed by atoms with van der Waals surface area (Å²) in [5, 5.41) is 10.6. The number of allylic oxidation sites excluding steroid dienone is 10. The van der Waals surface area contributed by atoms with Crippen molar-refractivity contribution < 1.29 is 80.2 Å². The van der Waals surface area contributed by atoms with Gasteiger partial charge in [-0.3, -0.25) is 37.3 Å². The highest BCUT2D eigenvalue weighted by atomic mass is 31.2. The molecule has 0 heterocycles. The van der Waals surface area contributed by atoms with E-state index in [-0.39, 0.29) is 25.7 Å². The molecule has 0 amide bonds.